The van der Waals surface area contributed by atoms with E-state index >= 15 is 0 Å². The van der Waals surface area contributed by atoms with E-state index in [1.165, 1.54) is 22.7 Å². The highest BCUT2D eigenvalue weighted by Crippen LogP contribution is 2.20. The van der Waals surface area contributed by atoms with Crippen molar-refractivity contribution in [2.75, 3.05) is 6.54 Å². The number of nitrogens with zero attached hydrogens (tertiary/aromatic N) is 2. The molecular formula is C14H18N2O2S. The molecule has 0 amide bonds. The number of aromatic nitrogens is 1. The van der Waals surface area contributed by atoms with Crippen molar-refractivity contribution in [3.63, 3.8) is 0 Å². The van der Waals surface area contributed by atoms with Crippen molar-refractivity contribution in [1.82, 2.24) is 9.29 Å². The fourth-order valence-electron chi connectivity index (χ4n) is 1.60. The Labute approximate surface area is 114 Å². The van der Waals surface area contributed by atoms with E-state index in [2.05, 4.69) is 18.1 Å². The highest BCUT2D eigenvalue weighted by molar-refractivity contribution is 7.89. The van der Waals surface area contributed by atoms with Gasteiger partial charge in [-0.1, -0.05) is 19.2 Å². The van der Waals surface area contributed by atoms with Crippen LogP contribution < -0.4 is 0 Å². The first-order chi connectivity index (χ1) is 8.97. The molecule has 0 aliphatic heterocycles. The summed E-state index contributed by atoms with van der Waals surface area (Å²) in [5.41, 5.74) is 1.26. The highest BCUT2D eigenvalue weighted by Gasteiger charge is 2.23. The average Bonchev–Trinajstić information content (AvgIpc) is 2.38. The van der Waals surface area contributed by atoms with Crippen LogP contribution in [0.4, 0.5) is 0 Å². The Bertz CT molecular complexity index is 586. The second-order valence-corrected chi connectivity index (χ2v) is 5.70. The van der Waals surface area contributed by atoms with Gasteiger partial charge in [0.1, 0.15) is 4.90 Å². The minimum atomic E-state index is -3.62. The van der Waals surface area contributed by atoms with Gasteiger partial charge in [-0.05, 0) is 38.1 Å². The first-order valence-corrected chi connectivity index (χ1v) is 7.32. The summed E-state index contributed by atoms with van der Waals surface area (Å²) in [5, 5.41) is 0. The normalized spacial score (nSPS) is 12.0. The topological polar surface area (TPSA) is 50.3 Å². The molecule has 1 aromatic rings. The minimum absolute atomic E-state index is 0.164. The zero-order valence-electron chi connectivity index (χ0n) is 11.2. The summed E-state index contributed by atoms with van der Waals surface area (Å²) >= 11 is 0. The molecule has 0 atom stereocenters. The minimum Gasteiger partial charge on any atom is -0.267 e. The van der Waals surface area contributed by atoms with Gasteiger partial charge in [0.2, 0.25) is 0 Å². The van der Waals surface area contributed by atoms with Gasteiger partial charge in [-0.25, -0.2) is 8.42 Å². The maximum atomic E-state index is 12.5. The Morgan fingerprint density at radius 1 is 1.42 bits per heavy atom. The predicted molar refractivity (Wildman–Crippen MR) is 77.0 cm³/mol. The molecule has 0 aromatic carbocycles. The number of rotatable bonds is 6. The van der Waals surface area contributed by atoms with E-state index in [0.717, 1.165) is 5.69 Å². The summed E-state index contributed by atoms with van der Waals surface area (Å²) < 4.78 is 26.3. The Morgan fingerprint density at radius 2 is 2.11 bits per heavy atom. The molecule has 4 nitrogen and oxygen atoms in total. The summed E-state index contributed by atoms with van der Waals surface area (Å²) in [6.45, 7) is 11.1. The van der Waals surface area contributed by atoms with Crippen LogP contribution in [-0.2, 0) is 10.0 Å². The van der Waals surface area contributed by atoms with Crippen LogP contribution in [0.25, 0.3) is 0 Å². The van der Waals surface area contributed by atoms with Gasteiger partial charge in [0.05, 0.1) is 5.70 Å². The molecule has 0 unspecified atom stereocenters. The maximum Gasteiger partial charge on any atom is 0.265 e. The van der Waals surface area contributed by atoms with Crippen LogP contribution in [0, 0.1) is 6.92 Å². The van der Waals surface area contributed by atoms with Gasteiger partial charge in [-0.15, -0.1) is 0 Å². The molecule has 0 aliphatic carbocycles. The molecule has 0 saturated heterocycles. The molecule has 19 heavy (non-hydrogen) atoms. The fraction of sp³-hybridized carbons (Fsp3) is 0.214. The van der Waals surface area contributed by atoms with Gasteiger partial charge in [0.25, 0.3) is 10.0 Å². The molecule has 0 radical (unpaired) electrons. The Hall–Kier alpha value is -1.88. The van der Waals surface area contributed by atoms with Crippen molar-refractivity contribution in [3.8, 4) is 0 Å². The van der Waals surface area contributed by atoms with Crippen molar-refractivity contribution >= 4 is 10.0 Å². The number of sulfonamides is 1. The van der Waals surface area contributed by atoms with E-state index in [1.54, 1.807) is 32.1 Å². The van der Waals surface area contributed by atoms with Gasteiger partial charge in [0.15, 0.2) is 0 Å². The molecule has 1 aromatic heterocycles. The third kappa shape index (κ3) is 3.32. The Morgan fingerprint density at radius 3 is 2.53 bits per heavy atom. The third-order valence-electron chi connectivity index (χ3n) is 2.55. The number of pyridine rings is 1. The Kier molecular flexibility index (Phi) is 5.06. The second-order valence-electron chi connectivity index (χ2n) is 3.84. The maximum absolute atomic E-state index is 12.5. The number of likely N-dealkylation sites (N-methyl/N-ethyl adjacent to an activating group) is 1. The molecule has 0 N–H and O–H groups in total. The summed E-state index contributed by atoms with van der Waals surface area (Å²) in [6, 6.07) is 3.22. The third-order valence-corrected chi connectivity index (χ3v) is 4.43. The first kappa shape index (κ1) is 15.2. The van der Waals surface area contributed by atoms with Crippen molar-refractivity contribution in [3.05, 3.63) is 61.1 Å². The lowest BCUT2D eigenvalue weighted by atomic mass is 10.4. The molecular weight excluding hydrogens is 260 g/mol. The van der Waals surface area contributed by atoms with Gasteiger partial charge < -0.3 is 0 Å². The number of aryl methyl sites for hydroxylation is 1. The summed E-state index contributed by atoms with van der Waals surface area (Å²) in [6.07, 6.45) is 5.99. The number of hydrogen-bond acceptors (Lipinski definition) is 3. The van der Waals surface area contributed by atoms with Crippen molar-refractivity contribution in [2.24, 2.45) is 0 Å². The van der Waals surface area contributed by atoms with Crippen LogP contribution in [0.3, 0.4) is 0 Å². The van der Waals surface area contributed by atoms with E-state index in [1.807, 2.05) is 0 Å². The summed E-state index contributed by atoms with van der Waals surface area (Å²) in [5.74, 6) is 0. The van der Waals surface area contributed by atoms with E-state index < -0.39 is 10.0 Å². The zero-order valence-corrected chi connectivity index (χ0v) is 12.0. The summed E-state index contributed by atoms with van der Waals surface area (Å²) in [4.78, 5) is 4.19. The largest absolute Gasteiger partial charge is 0.267 e. The Balaban J connectivity index is 3.30. The highest BCUT2D eigenvalue weighted by atomic mass is 32.2. The van der Waals surface area contributed by atoms with E-state index in [4.69, 9.17) is 0 Å². The van der Waals surface area contributed by atoms with Gasteiger partial charge >= 0.3 is 0 Å². The number of hydrogen-bond donors (Lipinski definition) is 0. The van der Waals surface area contributed by atoms with E-state index in [-0.39, 0.29) is 4.90 Å². The molecule has 0 saturated carbocycles. The smallest absolute Gasteiger partial charge is 0.265 e. The monoisotopic (exact) mass is 278 g/mol. The van der Waals surface area contributed by atoms with Crippen molar-refractivity contribution in [2.45, 2.75) is 18.7 Å². The molecule has 1 heterocycles. The van der Waals surface area contributed by atoms with Crippen LogP contribution in [0.15, 0.2) is 60.3 Å². The molecule has 0 aliphatic rings. The zero-order chi connectivity index (χ0) is 14.5. The van der Waals surface area contributed by atoms with E-state index in [9.17, 15) is 8.42 Å². The molecule has 1 rings (SSSR count). The standard InChI is InChI=1S/C14H18N2O2S/c1-5-8-13(6-2)16(7-3)19(17,18)14-10-9-12(4)15-11-14/h5-6,8-11H,1-2,7H2,3-4H3/b13-8+. The van der Waals surface area contributed by atoms with Crippen LogP contribution in [0.5, 0.6) is 0 Å². The molecule has 0 bridgehead atoms. The first-order valence-electron chi connectivity index (χ1n) is 5.88. The van der Waals surface area contributed by atoms with Gasteiger partial charge in [-0.3, -0.25) is 9.29 Å². The lowest BCUT2D eigenvalue weighted by molar-refractivity contribution is 0.498. The van der Waals surface area contributed by atoms with Crippen molar-refractivity contribution < 1.29 is 8.42 Å². The molecule has 5 heteroatoms. The van der Waals surface area contributed by atoms with Crippen molar-refractivity contribution in [1.29, 1.82) is 0 Å². The summed E-state index contributed by atoms with van der Waals surface area (Å²) in [7, 11) is -3.62. The van der Waals surface area contributed by atoms with Crippen LogP contribution in [0.1, 0.15) is 12.6 Å². The van der Waals surface area contributed by atoms with Gasteiger partial charge in [0, 0.05) is 18.4 Å². The predicted octanol–water partition coefficient (Wildman–Crippen LogP) is 2.66. The molecule has 0 spiro atoms. The van der Waals surface area contributed by atoms with E-state index in [0.29, 0.717) is 12.2 Å². The molecule has 102 valence electrons. The SMILES string of the molecule is C=C/C=C(\C=C)N(CC)S(=O)(=O)c1ccc(C)nc1. The number of allylic oxidation sites excluding steroid dienone is 3. The second kappa shape index (κ2) is 6.33. The van der Waals surface area contributed by atoms with Crippen LogP contribution >= 0.6 is 0 Å². The van der Waals surface area contributed by atoms with Crippen LogP contribution in [0.2, 0.25) is 0 Å². The fourth-order valence-corrected chi connectivity index (χ4v) is 3.03. The molecule has 0 fully saturated rings. The lowest BCUT2D eigenvalue weighted by Crippen LogP contribution is -2.29. The van der Waals surface area contributed by atoms with Gasteiger partial charge in [-0.2, -0.15) is 0 Å². The van der Waals surface area contributed by atoms with Crippen LogP contribution in [-0.4, -0.2) is 24.3 Å². The lowest BCUT2D eigenvalue weighted by Gasteiger charge is -2.23. The quantitative estimate of drug-likeness (QED) is 0.752. The average molecular weight is 278 g/mol.